The summed E-state index contributed by atoms with van der Waals surface area (Å²) in [4.78, 5) is 38.6. The number of carbonyl (C=O) groups is 3. The van der Waals surface area contributed by atoms with E-state index in [1.807, 2.05) is 0 Å². The third-order valence-corrected chi connectivity index (χ3v) is 5.44. The molecule has 2 aromatic rings. The van der Waals surface area contributed by atoms with Gasteiger partial charge < -0.3 is 4.74 Å². The minimum atomic E-state index is -1.07. The van der Waals surface area contributed by atoms with Crippen LogP contribution in [0.1, 0.15) is 52.0 Å². The van der Waals surface area contributed by atoms with Gasteiger partial charge in [0.15, 0.2) is 6.73 Å². The Hall–Kier alpha value is -3.02. The molecule has 0 radical (unpaired) electrons. The number of rotatable bonds is 4. The van der Waals surface area contributed by atoms with Crippen LogP contribution in [0.3, 0.4) is 0 Å². The summed E-state index contributed by atoms with van der Waals surface area (Å²) in [5.41, 5.74) is -0.161. The van der Waals surface area contributed by atoms with Crippen molar-refractivity contribution >= 4 is 17.8 Å². The van der Waals surface area contributed by atoms with Gasteiger partial charge in [0.05, 0.1) is 16.5 Å². The highest BCUT2D eigenvalue weighted by Crippen LogP contribution is 2.43. The maximum Gasteiger partial charge on any atom is 0.318 e. The minimum absolute atomic E-state index is 0.295. The monoisotopic (exact) mass is 367 g/mol. The van der Waals surface area contributed by atoms with Gasteiger partial charge in [0.2, 0.25) is 0 Å². The highest BCUT2D eigenvalue weighted by atomic mass is 19.1. The van der Waals surface area contributed by atoms with Crippen molar-refractivity contribution in [3.05, 3.63) is 71.0 Å². The second kappa shape index (κ2) is 6.61. The lowest BCUT2D eigenvalue weighted by atomic mass is 9.78. The number of benzene rings is 2. The molecule has 1 heterocycles. The van der Waals surface area contributed by atoms with E-state index in [2.05, 4.69) is 0 Å². The first kappa shape index (κ1) is 17.4. The fourth-order valence-electron chi connectivity index (χ4n) is 4.03. The summed E-state index contributed by atoms with van der Waals surface area (Å²) < 4.78 is 19.7. The van der Waals surface area contributed by atoms with Gasteiger partial charge in [-0.1, -0.05) is 43.2 Å². The van der Waals surface area contributed by atoms with Crippen molar-refractivity contribution in [2.24, 2.45) is 0 Å². The van der Waals surface area contributed by atoms with Crippen LogP contribution in [0.15, 0.2) is 48.5 Å². The highest BCUT2D eigenvalue weighted by Gasteiger charge is 2.46. The van der Waals surface area contributed by atoms with E-state index in [0.717, 1.165) is 17.7 Å². The topological polar surface area (TPSA) is 63.7 Å². The van der Waals surface area contributed by atoms with Gasteiger partial charge in [-0.2, -0.15) is 0 Å². The van der Waals surface area contributed by atoms with Gasteiger partial charge in [0.25, 0.3) is 11.8 Å². The number of halogens is 1. The molecule has 0 bridgehead atoms. The molecule has 0 unspecified atom stereocenters. The molecule has 0 saturated heterocycles. The van der Waals surface area contributed by atoms with E-state index >= 15 is 0 Å². The van der Waals surface area contributed by atoms with E-state index < -0.39 is 35.7 Å². The largest absolute Gasteiger partial charge is 0.443 e. The van der Waals surface area contributed by atoms with Gasteiger partial charge in [-0.3, -0.25) is 14.4 Å². The van der Waals surface area contributed by atoms with E-state index in [9.17, 15) is 18.8 Å². The molecular formula is C21H18FNO4. The number of amides is 2. The molecular weight excluding hydrogens is 349 g/mol. The number of nitrogens with zero attached hydrogens (tertiary/aromatic N) is 1. The molecule has 4 rings (SSSR count). The summed E-state index contributed by atoms with van der Waals surface area (Å²) in [5, 5.41) is 0. The fraction of sp³-hybridized carbons (Fsp3) is 0.286. The first-order valence-corrected chi connectivity index (χ1v) is 8.92. The summed E-state index contributed by atoms with van der Waals surface area (Å²) >= 11 is 0. The summed E-state index contributed by atoms with van der Waals surface area (Å²) in [6, 6.07) is 12.7. The smallest absolute Gasteiger partial charge is 0.318 e. The number of hydrogen-bond acceptors (Lipinski definition) is 4. The molecule has 138 valence electrons. The molecule has 2 aromatic carbocycles. The molecule has 2 amide bonds. The van der Waals surface area contributed by atoms with Crippen molar-refractivity contribution in [2.75, 3.05) is 6.73 Å². The zero-order chi connectivity index (χ0) is 19.0. The first-order valence-electron chi connectivity index (χ1n) is 8.92. The Labute approximate surface area is 155 Å². The number of ether oxygens (including phenoxy) is 1. The van der Waals surface area contributed by atoms with Gasteiger partial charge in [-0.15, -0.1) is 0 Å². The van der Waals surface area contributed by atoms with Crippen LogP contribution in [-0.2, 0) is 14.9 Å². The molecule has 0 N–H and O–H groups in total. The maximum absolute atomic E-state index is 14.4. The predicted octanol–water partition coefficient (Wildman–Crippen LogP) is 3.43. The standard InChI is InChI=1S/C21H18FNO4/c22-17-10-4-3-9-16(17)21(11-5-6-12-21)20(26)27-13-23-18(24)14-7-1-2-8-15(14)19(23)25/h1-4,7-10H,5-6,11-13H2. The number of carbonyl (C=O) groups excluding carboxylic acids is 3. The van der Waals surface area contributed by atoms with Crippen LogP contribution in [0, 0.1) is 5.82 Å². The molecule has 1 fully saturated rings. The zero-order valence-corrected chi connectivity index (χ0v) is 14.6. The Bertz CT molecular complexity index is 898. The lowest BCUT2D eigenvalue weighted by Gasteiger charge is -2.28. The van der Waals surface area contributed by atoms with Gasteiger partial charge in [-0.05, 0) is 31.0 Å². The minimum Gasteiger partial charge on any atom is -0.443 e. The van der Waals surface area contributed by atoms with Crippen molar-refractivity contribution < 1.29 is 23.5 Å². The van der Waals surface area contributed by atoms with Crippen LogP contribution in [0.2, 0.25) is 0 Å². The summed E-state index contributed by atoms with van der Waals surface area (Å²) in [7, 11) is 0. The van der Waals surface area contributed by atoms with Crippen LogP contribution in [0.4, 0.5) is 4.39 Å². The molecule has 1 saturated carbocycles. The van der Waals surface area contributed by atoms with Crippen LogP contribution in [0.25, 0.3) is 0 Å². The Balaban J connectivity index is 1.55. The molecule has 5 nitrogen and oxygen atoms in total. The van der Waals surface area contributed by atoms with E-state index in [4.69, 9.17) is 4.74 Å². The normalized spacial score (nSPS) is 17.9. The average molecular weight is 367 g/mol. The third kappa shape index (κ3) is 2.72. The Morgan fingerprint density at radius 1 is 0.963 bits per heavy atom. The number of fused-ring (bicyclic) bond motifs is 1. The lowest BCUT2D eigenvalue weighted by molar-refractivity contribution is -0.153. The van der Waals surface area contributed by atoms with Gasteiger partial charge in [-0.25, -0.2) is 9.29 Å². The average Bonchev–Trinajstić information content (AvgIpc) is 3.26. The lowest BCUT2D eigenvalue weighted by Crippen LogP contribution is -2.40. The van der Waals surface area contributed by atoms with Crippen molar-refractivity contribution in [3.63, 3.8) is 0 Å². The van der Waals surface area contributed by atoms with Crippen molar-refractivity contribution in [3.8, 4) is 0 Å². The molecule has 1 aliphatic heterocycles. The predicted molar refractivity (Wildman–Crippen MR) is 94.4 cm³/mol. The Morgan fingerprint density at radius 2 is 1.52 bits per heavy atom. The Morgan fingerprint density at radius 3 is 2.11 bits per heavy atom. The van der Waals surface area contributed by atoms with Crippen LogP contribution >= 0.6 is 0 Å². The van der Waals surface area contributed by atoms with Crippen molar-refractivity contribution in [1.82, 2.24) is 4.90 Å². The number of imide groups is 1. The maximum atomic E-state index is 14.4. The van der Waals surface area contributed by atoms with Gasteiger partial charge in [0, 0.05) is 5.56 Å². The van der Waals surface area contributed by atoms with E-state index in [1.165, 1.54) is 6.07 Å². The number of hydrogen-bond donors (Lipinski definition) is 0. The van der Waals surface area contributed by atoms with E-state index in [-0.39, 0.29) is 0 Å². The third-order valence-electron chi connectivity index (χ3n) is 5.44. The van der Waals surface area contributed by atoms with E-state index in [1.54, 1.807) is 42.5 Å². The quantitative estimate of drug-likeness (QED) is 0.613. The van der Waals surface area contributed by atoms with Gasteiger partial charge in [0.1, 0.15) is 5.82 Å². The fourth-order valence-corrected chi connectivity index (χ4v) is 4.03. The molecule has 1 aliphatic carbocycles. The van der Waals surface area contributed by atoms with E-state index in [0.29, 0.717) is 29.5 Å². The van der Waals surface area contributed by atoms with Crippen LogP contribution in [-0.4, -0.2) is 29.4 Å². The molecule has 0 atom stereocenters. The summed E-state index contributed by atoms with van der Waals surface area (Å²) in [6.45, 7) is -0.471. The molecule has 27 heavy (non-hydrogen) atoms. The molecule has 6 heteroatoms. The van der Waals surface area contributed by atoms with Gasteiger partial charge >= 0.3 is 5.97 Å². The highest BCUT2D eigenvalue weighted by molar-refractivity contribution is 6.21. The first-order chi connectivity index (χ1) is 13.0. The summed E-state index contributed by atoms with van der Waals surface area (Å²) in [6.07, 6.45) is 2.54. The second-order valence-electron chi connectivity index (χ2n) is 6.91. The zero-order valence-electron chi connectivity index (χ0n) is 14.6. The van der Waals surface area contributed by atoms with Crippen molar-refractivity contribution in [1.29, 1.82) is 0 Å². The SMILES string of the molecule is O=C1c2ccccc2C(=O)N1COC(=O)C1(c2ccccc2F)CCCC1. The molecule has 0 spiro atoms. The Kier molecular flexibility index (Phi) is 4.26. The van der Waals surface area contributed by atoms with Crippen LogP contribution < -0.4 is 0 Å². The number of esters is 1. The molecule has 2 aliphatic rings. The summed E-state index contributed by atoms with van der Waals surface area (Å²) in [5.74, 6) is -2.02. The van der Waals surface area contributed by atoms with Crippen molar-refractivity contribution in [2.45, 2.75) is 31.1 Å². The molecule has 0 aromatic heterocycles. The second-order valence-corrected chi connectivity index (χ2v) is 6.91. The van der Waals surface area contributed by atoms with Crippen LogP contribution in [0.5, 0.6) is 0 Å².